The Balaban J connectivity index is 2.94. The quantitative estimate of drug-likeness (QED) is 0.626. The molecule has 0 aromatic heterocycles. The Morgan fingerprint density at radius 2 is 2.29 bits per heavy atom. The molecule has 0 spiro atoms. The summed E-state index contributed by atoms with van der Waals surface area (Å²) in [7, 11) is 0. The number of benzene rings is 1. The molecule has 0 saturated heterocycles. The first kappa shape index (κ1) is 13.0. The molecule has 0 aliphatic carbocycles. The van der Waals surface area contributed by atoms with Gasteiger partial charge in [0.15, 0.2) is 0 Å². The van der Waals surface area contributed by atoms with E-state index < -0.39 is 4.92 Å². The highest BCUT2D eigenvalue weighted by molar-refractivity contribution is 5.61. The summed E-state index contributed by atoms with van der Waals surface area (Å²) in [5.41, 5.74) is 0.899. The van der Waals surface area contributed by atoms with Crippen LogP contribution in [-0.2, 0) is 0 Å². The van der Waals surface area contributed by atoms with Crippen LogP contribution < -0.4 is 5.32 Å². The maximum absolute atomic E-state index is 10.6. The number of nitrogens with one attached hydrogen (secondary N) is 1. The zero-order valence-corrected chi connectivity index (χ0v) is 9.93. The molecular formula is C12H15N3O2. The van der Waals surface area contributed by atoms with Gasteiger partial charge in [-0.3, -0.25) is 10.1 Å². The molecule has 0 heterocycles. The Bertz CT molecular complexity index is 452. The van der Waals surface area contributed by atoms with Crippen LogP contribution in [0.15, 0.2) is 18.2 Å². The summed E-state index contributed by atoms with van der Waals surface area (Å²) in [6.07, 6.45) is 2.03. The van der Waals surface area contributed by atoms with Gasteiger partial charge in [-0.1, -0.05) is 13.3 Å². The van der Waals surface area contributed by atoms with Crippen molar-refractivity contribution in [2.24, 2.45) is 0 Å². The van der Waals surface area contributed by atoms with Crippen molar-refractivity contribution in [3.05, 3.63) is 33.9 Å². The van der Waals surface area contributed by atoms with Crippen molar-refractivity contribution in [3.63, 3.8) is 0 Å². The van der Waals surface area contributed by atoms with E-state index in [2.05, 4.69) is 12.2 Å². The molecule has 0 amide bonds. The van der Waals surface area contributed by atoms with Gasteiger partial charge in [-0.2, -0.15) is 5.26 Å². The van der Waals surface area contributed by atoms with Gasteiger partial charge in [0.05, 0.1) is 16.2 Å². The largest absolute Gasteiger partial charge is 0.382 e. The average molecular weight is 233 g/mol. The molecule has 1 N–H and O–H groups in total. The van der Waals surface area contributed by atoms with Crippen LogP contribution in [0.25, 0.3) is 0 Å². The lowest BCUT2D eigenvalue weighted by Gasteiger charge is -2.15. The van der Waals surface area contributed by atoms with Gasteiger partial charge in [0, 0.05) is 18.2 Å². The topological polar surface area (TPSA) is 79.0 Å². The number of nitrogens with zero attached hydrogens (tertiary/aromatic N) is 2. The molecule has 1 rings (SSSR count). The zero-order chi connectivity index (χ0) is 12.8. The smallest absolute Gasteiger partial charge is 0.270 e. The summed E-state index contributed by atoms with van der Waals surface area (Å²) >= 11 is 0. The maximum Gasteiger partial charge on any atom is 0.270 e. The normalized spacial score (nSPS) is 11.6. The molecule has 0 aliphatic rings. The molecule has 1 aromatic carbocycles. The molecule has 0 bridgehead atoms. The summed E-state index contributed by atoms with van der Waals surface area (Å²) in [6, 6.07) is 6.50. The summed E-state index contributed by atoms with van der Waals surface area (Å²) in [4.78, 5) is 10.1. The Kier molecular flexibility index (Phi) is 4.46. The molecule has 1 unspecified atom stereocenters. The van der Waals surface area contributed by atoms with Crippen molar-refractivity contribution in [3.8, 4) is 6.07 Å². The molecule has 0 saturated carbocycles. The molecule has 5 nitrogen and oxygen atoms in total. The summed E-state index contributed by atoms with van der Waals surface area (Å²) in [5, 5.41) is 22.7. The number of anilines is 1. The third-order valence-electron chi connectivity index (χ3n) is 2.46. The minimum Gasteiger partial charge on any atom is -0.382 e. The molecule has 90 valence electrons. The first-order valence-corrected chi connectivity index (χ1v) is 5.53. The Hall–Kier alpha value is -2.09. The third kappa shape index (κ3) is 3.45. The van der Waals surface area contributed by atoms with Crippen molar-refractivity contribution in [1.29, 1.82) is 5.26 Å². The van der Waals surface area contributed by atoms with E-state index in [4.69, 9.17) is 5.26 Å². The van der Waals surface area contributed by atoms with Crippen molar-refractivity contribution < 1.29 is 4.92 Å². The van der Waals surface area contributed by atoms with Gasteiger partial charge in [0.25, 0.3) is 5.69 Å². The Morgan fingerprint density at radius 1 is 1.59 bits per heavy atom. The maximum atomic E-state index is 10.6. The lowest BCUT2D eigenvalue weighted by atomic mass is 10.1. The van der Waals surface area contributed by atoms with Crippen LogP contribution in [0.2, 0.25) is 0 Å². The predicted octanol–water partition coefficient (Wildman–Crippen LogP) is 3.07. The highest BCUT2D eigenvalue weighted by Gasteiger charge is 2.11. The van der Waals surface area contributed by atoms with Gasteiger partial charge in [-0.15, -0.1) is 0 Å². The van der Waals surface area contributed by atoms with Crippen molar-refractivity contribution in [2.45, 2.75) is 32.7 Å². The first-order chi connectivity index (χ1) is 8.08. The Labute approximate surface area is 100 Å². The van der Waals surface area contributed by atoms with Gasteiger partial charge < -0.3 is 5.32 Å². The predicted molar refractivity (Wildman–Crippen MR) is 65.8 cm³/mol. The van der Waals surface area contributed by atoms with Crippen molar-refractivity contribution in [1.82, 2.24) is 0 Å². The lowest BCUT2D eigenvalue weighted by Crippen LogP contribution is -2.15. The number of nitro groups is 1. The highest BCUT2D eigenvalue weighted by Crippen LogP contribution is 2.22. The molecule has 1 aromatic rings. The van der Waals surface area contributed by atoms with Crippen LogP contribution in [0.5, 0.6) is 0 Å². The van der Waals surface area contributed by atoms with E-state index in [-0.39, 0.29) is 11.7 Å². The highest BCUT2D eigenvalue weighted by atomic mass is 16.6. The number of nitriles is 1. The number of nitro benzene ring substituents is 1. The monoisotopic (exact) mass is 233 g/mol. The van der Waals surface area contributed by atoms with Crippen molar-refractivity contribution in [2.75, 3.05) is 5.32 Å². The van der Waals surface area contributed by atoms with Crippen LogP contribution in [0.3, 0.4) is 0 Å². The van der Waals surface area contributed by atoms with Gasteiger partial charge in [0.2, 0.25) is 0 Å². The number of non-ortho nitro benzene ring substituents is 1. The molecule has 1 atom stereocenters. The molecule has 0 fully saturated rings. The summed E-state index contributed by atoms with van der Waals surface area (Å²) in [5.74, 6) is 0. The summed E-state index contributed by atoms with van der Waals surface area (Å²) < 4.78 is 0. The minimum absolute atomic E-state index is 0.0600. The van der Waals surface area contributed by atoms with E-state index in [1.807, 2.05) is 13.0 Å². The number of hydrogen-bond donors (Lipinski definition) is 1. The fourth-order valence-corrected chi connectivity index (χ4v) is 1.63. The second-order valence-electron chi connectivity index (χ2n) is 3.93. The number of rotatable bonds is 5. The summed E-state index contributed by atoms with van der Waals surface area (Å²) in [6.45, 7) is 4.10. The van der Waals surface area contributed by atoms with Crippen LogP contribution in [0.4, 0.5) is 11.4 Å². The van der Waals surface area contributed by atoms with Crippen molar-refractivity contribution >= 4 is 11.4 Å². The van der Waals surface area contributed by atoms with Gasteiger partial charge in [-0.05, 0) is 19.4 Å². The second kappa shape index (κ2) is 5.85. The fourth-order valence-electron chi connectivity index (χ4n) is 1.63. The Morgan fingerprint density at radius 3 is 2.82 bits per heavy atom. The molecule has 0 aliphatic heterocycles. The van der Waals surface area contributed by atoms with Gasteiger partial charge in [-0.25, -0.2) is 0 Å². The standard InChI is InChI=1S/C12H15N3O2/c1-3-4-9(2)14-12-6-5-11(15(16)17)7-10(12)8-13/h5-7,9,14H,3-4H2,1-2H3. The van der Waals surface area contributed by atoms with E-state index >= 15 is 0 Å². The SMILES string of the molecule is CCCC(C)Nc1ccc([N+](=O)[O-])cc1C#N. The fraction of sp³-hybridized carbons (Fsp3) is 0.417. The average Bonchev–Trinajstić information content (AvgIpc) is 2.29. The van der Waals surface area contributed by atoms with Gasteiger partial charge >= 0.3 is 0 Å². The molecule has 17 heavy (non-hydrogen) atoms. The van der Waals surface area contributed by atoms with E-state index in [9.17, 15) is 10.1 Å². The lowest BCUT2D eigenvalue weighted by molar-refractivity contribution is -0.384. The van der Waals surface area contributed by atoms with E-state index in [1.54, 1.807) is 6.07 Å². The number of hydrogen-bond acceptors (Lipinski definition) is 4. The van der Waals surface area contributed by atoms with Crippen LogP contribution >= 0.6 is 0 Å². The molecule has 0 radical (unpaired) electrons. The van der Waals surface area contributed by atoms with E-state index in [1.165, 1.54) is 12.1 Å². The third-order valence-corrected chi connectivity index (χ3v) is 2.46. The second-order valence-corrected chi connectivity index (χ2v) is 3.93. The van der Waals surface area contributed by atoms with E-state index in [0.717, 1.165) is 12.8 Å². The minimum atomic E-state index is -0.500. The molecule has 5 heteroatoms. The van der Waals surface area contributed by atoms with Crippen LogP contribution in [0, 0.1) is 21.4 Å². The van der Waals surface area contributed by atoms with Crippen LogP contribution in [-0.4, -0.2) is 11.0 Å². The first-order valence-electron chi connectivity index (χ1n) is 5.53. The zero-order valence-electron chi connectivity index (χ0n) is 9.93. The van der Waals surface area contributed by atoms with E-state index in [0.29, 0.717) is 11.3 Å². The van der Waals surface area contributed by atoms with Gasteiger partial charge in [0.1, 0.15) is 6.07 Å². The van der Waals surface area contributed by atoms with Crippen LogP contribution in [0.1, 0.15) is 32.3 Å². The molecular weight excluding hydrogens is 218 g/mol.